The van der Waals surface area contributed by atoms with Gasteiger partial charge in [0.15, 0.2) is 5.34 Å². The molecule has 54 heavy (non-hydrogen) atoms. The summed E-state index contributed by atoms with van der Waals surface area (Å²) in [5.74, 6) is -0.798. The van der Waals surface area contributed by atoms with Gasteiger partial charge in [0.05, 0.1) is 28.2 Å². The SMILES string of the molecule is COC(C)c1ncccc1-c1c(CC(C)(C)CON=O)c2cc(-c3csc(CC(NC(=O)C(C(C)C)N(C)C=O)C(=O)N4CCCCN4)n3)ccc2n1C. The summed E-state index contributed by atoms with van der Waals surface area (Å²) in [6.07, 6.45) is 4.73. The number of thiazole rings is 1. The van der Waals surface area contributed by atoms with Crippen molar-refractivity contribution in [2.75, 3.05) is 33.9 Å². The lowest BCUT2D eigenvalue weighted by Gasteiger charge is -2.33. The lowest BCUT2D eigenvalue weighted by atomic mass is 9.84. The quantitative estimate of drug-likeness (QED) is 0.0793. The molecule has 3 atom stereocenters. The van der Waals surface area contributed by atoms with E-state index in [2.05, 4.69) is 38.8 Å². The largest absolute Gasteiger partial charge is 0.375 e. The molecule has 1 aliphatic rings. The summed E-state index contributed by atoms with van der Waals surface area (Å²) in [4.78, 5) is 66.0. The molecule has 5 rings (SSSR count). The topological polar surface area (TPSA) is 160 Å². The first-order valence-corrected chi connectivity index (χ1v) is 19.2. The summed E-state index contributed by atoms with van der Waals surface area (Å²) in [5.41, 5.74) is 9.17. The Morgan fingerprint density at radius 2 is 1.98 bits per heavy atom. The number of carbonyl (C=O) groups is 3. The number of methoxy groups -OCH3 is 1. The van der Waals surface area contributed by atoms with Crippen LogP contribution in [-0.2, 0) is 43.8 Å². The summed E-state index contributed by atoms with van der Waals surface area (Å²) < 4.78 is 7.87. The van der Waals surface area contributed by atoms with Crippen LogP contribution in [0.1, 0.15) is 69.8 Å². The Kier molecular flexibility index (Phi) is 13.2. The number of hydrogen-bond donors (Lipinski definition) is 2. The Morgan fingerprint density at radius 1 is 1.20 bits per heavy atom. The highest BCUT2D eigenvalue weighted by molar-refractivity contribution is 7.10. The van der Waals surface area contributed by atoms with Gasteiger partial charge in [0.25, 0.3) is 5.91 Å². The molecule has 4 aromatic rings. The Bertz CT molecular complexity index is 1950. The van der Waals surface area contributed by atoms with Gasteiger partial charge in [-0.05, 0) is 61.9 Å². The van der Waals surface area contributed by atoms with Gasteiger partial charge in [0.1, 0.15) is 18.7 Å². The van der Waals surface area contributed by atoms with Gasteiger partial charge in [-0.15, -0.1) is 16.2 Å². The van der Waals surface area contributed by atoms with Gasteiger partial charge in [-0.25, -0.2) is 10.4 Å². The van der Waals surface area contributed by atoms with Crippen LogP contribution in [0.4, 0.5) is 0 Å². The summed E-state index contributed by atoms with van der Waals surface area (Å²) in [6, 6.07) is 8.59. The number of nitrogens with one attached hydrogen (secondary N) is 2. The number of nitrogens with zero attached hydrogens (tertiary/aromatic N) is 6. The van der Waals surface area contributed by atoms with E-state index in [0.29, 0.717) is 30.9 Å². The Labute approximate surface area is 320 Å². The van der Waals surface area contributed by atoms with Gasteiger partial charge in [-0.3, -0.25) is 24.4 Å². The molecular weight excluding hydrogens is 709 g/mol. The number of ether oxygens (including phenoxy) is 1. The minimum absolute atomic E-state index is 0.141. The molecule has 1 saturated heterocycles. The van der Waals surface area contributed by atoms with Crippen LogP contribution in [0.5, 0.6) is 0 Å². The lowest BCUT2D eigenvalue weighted by molar-refractivity contribution is -0.142. The van der Waals surface area contributed by atoms with E-state index < -0.39 is 23.4 Å². The molecule has 3 aromatic heterocycles. The van der Waals surface area contributed by atoms with Crippen LogP contribution in [-0.4, -0.2) is 88.6 Å². The molecule has 1 aromatic carbocycles. The number of benzene rings is 1. The van der Waals surface area contributed by atoms with Crippen LogP contribution in [0.25, 0.3) is 33.4 Å². The van der Waals surface area contributed by atoms with Crippen molar-refractivity contribution in [3.63, 3.8) is 0 Å². The van der Waals surface area contributed by atoms with E-state index in [1.54, 1.807) is 25.4 Å². The van der Waals surface area contributed by atoms with Crippen LogP contribution in [0.3, 0.4) is 0 Å². The molecule has 1 aliphatic heterocycles. The molecule has 15 heteroatoms. The molecular formula is C39H52N8O6S. The van der Waals surface area contributed by atoms with Gasteiger partial charge >= 0.3 is 0 Å². The monoisotopic (exact) mass is 760 g/mol. The van der Waals surface area contributed by atoms with Crippen molar-refractivity contribution in [2.24, 2.45) is 23.7 Å². The molecule has 14 nitrogen and oxygen atoms in total. The Hall–Kier alpha value is -4.73. The van der Waals surface area contributed by atoms with Crippen molar-refractivity contribution >= 4 is 40.5 Å². The zero-order chi connectivity index (χ0) is 39.2. The second-order valence-corrected chi connectivity index (χ2v) is 16.0. The maximum absolute atomic E-state index is 13.8. The van der Waals surface area contributed by atoms with Crippen LogP contribution in [0.15, 0.2) is 47.2 Å². The molecule has 2 N–H and O–H groups in total. The van der Waals surface area contributed by atoms with E-state index in [9.17, 15) is 19.3 Å². The molecule has 290 valence electrons. The highest BCUT2D eigenvalue weighted by atomic mass is 32.1. The van der Waals surface area contributed by atoms with Crippen LogP contribution >= 0.6 is 11.3 Å². The highest BCUT2D eigenvalue weighted by Gasteiger charge is 2.34. The second kappa shape index (κ2) is 17.6. The Balaban J connectivity index is 1.54. The van der Waals surface area contributed by atoms with Crippen molar-refractivity contribution in [3.8, 4) is 22.5 Å². The standard InChI is InChI=1S/C39H52N8O6S/c1-24(2)35(45(6)23-48)37(49)43-30(38(50)47-17-10-9-16-41-47)19-33-42-31(21-54-33)26-13-14-32-28(18-26)29(20-39(4,5)22-53-44-51)36(46(32)7)27-12-11-15-40-34(27)25(3)52-8/h11-15,18,21,23-25,30,35,41H,9-10,16-17,19-20,22H2,1-8H3,(H,43,49). The summed E-state index contributed by atoms with van der Waals surface area (Å²) >= 11 is 1.43. The molecule has 3 unspecified atom stereocenters. The fourth-order valence-electron chi connectivity index (χ4n) is 7.24. The molecule has 0 saturated carbocycles. The third kappa shape index (κ3) is 8.96. The molecule has 0 spiro atoms. The summed E-state index contributed by atoms with van der Waals surface area (Å²) in [7, 11) is 5.27. The van der Waals surface area contributed by atoms with Crippen molar-refractivity contribution in [1.29, 1.82) is 0 Å². The molecule has 0 aliphatic carbocycles. The van der Waals surface area contributed by atoms with Crippen LogP contribution in [0, 0.1) is 16.2 Å². The molecule has 4 heterocycles. The first-order valence-electron chi connectivity index (χ1n) is 18.3. The maximum atomic E-state index is 13.8. The zero-order valence-corrected chi connectivity index (χ0v) is 33.2. The number of hydrogen-bond acceptors (Lipinski definition) is 11. The third-order valence-corrected chi connectivity index (χ3v) is 10.9. The zero-order valence-electron chi connectivity index (χ0n) is 32.4. The predicted molar refractivity (Wildman–Crippen MR) is 209 cm³/mol. The van der Waals surface area contributed by atoms with Gasteiger partial charge in [-0.2, -0.15) is 0 Å². The van der Waals surface area contributed by atoms with E-state index in [0.717, 1.165) is 57.5 Å². The first-order chi connectivity index (χ1) is 25.8. The maximum Gasteiger partial charge on any atom is 0.259 e. The van der Waals surface area contributed by atoms with Crippen LogP contribution in [0.2, 0.25) is 0 Å². The van der Waals surface area contributed by atoms with Crippen molar-refractivity contribution < 1.29 is 24.0 Å². The van der Waals surface area contributed by atoms with E-state index in [1.807, 2.05) is 59.2 Å². The van der Waals surface area contributed by atoms with Crippen molar-refractivity contribution in [2.45, 2.75) is 78.5 Å². The average Bonchev–Trinajstić information content (AvgIpc) is 3.74. The normalized spacial score (nSPS) is 15.2. The number of amides is 3. The fourth-order valence-corrected chi connectivity index (χ4v) is 8.09. The lowest BCUT2D eigenvalue weighted by Crippen LogP contribution is -2.58. The predicted octanol–water partition coefficient (Wildman–Crippen LogP) is 5.61. The molecule has 1 fully saturated rings. The number of likely N-dealkylation sites (N-methyl/N-ethyl adjacent to an activating group) is 1. The van der Waals surface area contributed by atoms with Crippen molar-refractivity contribution in [3.05, 3.63) is 63.1 Å². The number of hydrazine groups is 1. The number of fused-ring (bicyclic) bond motifs is 1. The molecule has 0 radical (unpaired) electrons. The van der Waals surface area contributed by atoms with Crippen LogP contribution < -0.4 is 10.7 Å². The summed E-state index contributed by atoms with van der Waals surface area (Å²) in [5, 5.41) is 10.9. The second-order valence-electron chi connectivity index (χ2n) is 15.1. The summed E-state index contributed by atoms with van der Waals surface area (Å²) in [6.45, 7) is 11.1. The highest BCUT2D eigenvalue weighted by Crippen LogP contribution is 2.41. The molecule has 3 amide bonds. The number of pyridine rings is 1. The number of rotatable bonds is 17. The first kappa shape index (κ1) is 40.5. The number of aromatic nitrogens is 3. The smallest absolute Gasteiger partial charge is 0.259 e. The fraction of sp³-hybridized carbons (Fsp3) is 0.513. The van der Waals surface area contributed by atoms with Crippen molar-refractivity contribution in [1.82, 2.24) is 35.2 Å². The Morgan fingerprint density at radius 3 is 2.65 bits per heavy atom. The molecule has 0 bridgehead atoms. The third-order valence-electron chi connectivity index (χ3n) is 10.0. The van der Waals surface area contributed by atoms with E-state index in [-0.39, 0.29) is 31.0 Å². The van der Waals surface area contributed by atoms with Gasteiger partial charge in [0, 0.05) is 79.7 Å². The number of aryl methyl sites for hydroxylation is 1. The van der Waals surface area contributed by atoms with Gasteiger partial charge in [0.2, 0.25) is 12.3 Å². The van der Waals surface area contributed by atoms with E-state index in [4.69, 9.17) is 19.5 Å². The van der Waals surface area contributed by atoms with Gasteiger partial charge in [-0.1, -0.05) is 33.8 Å². The minimum Gasteiger partial charge on any atom is -0.375 e. The van der Waals surface area contributed by atoms with Gasteiger partial charge < -0.3 is 24.4 Å². The average molecular weight is 761 g/mol. The van der Waals surface area contributed by atoms with E-state index in [1.165, 1.54) is 16.2 Å². The van der Waals surface area contributed by atoms with E-state index >= 15 is 0 Å². The number of carbonyl (C=O) groups excluding carboxylic acids is 3. The minimum atomic E-state index is -0.886.